The Hall–Kier alpha value is -6.27. The summed E-state index contributed by atoms with van der Waals surface area (Å²) in [4.78, 5) is 40.1. The maximum atomic E-state index is 13.2. The summed E-state index contributed by atoms with van der Waals surface area (Å²) in [6, 6.07) is 25.8. The van der Waals surface area contributed by atoms with Crippen LogP contribution in [0.15, 0.2) is 100 Å². The van der Waals surface area contributed by atoms with Crippen molar-refractivity contribution in [1.82, 2.24) is 10.3 Å². The van der Waals surface area contributed by atoms with Crippen molar-refractivity contribution in [3.8, 4) is 22.8 Å². The van der Waals surface area contributed by atoms with Crippen molar-refractivity contribution in [2.45, 2.75) is 26.3 Å². The van der Waals surface area contributed by atoms with Crippen LogP contribution in [-0.2, 0) is 35.0 Å². The molecule has 1 aliphatic rings. The third-order valence-electron chi connectivity index (χ3n) is 10.2. The Balaban J connectivity index is 0.789. The second-order valence-electron chi connectivity index (χ2n) is 14.5. The monoisotopic (exact) mass is 865 g/mol. The first-order chi connectivity index (χ1) is 30.7. The van der Waals surface area contributed by atoms with Crippen LogP contribution in [-0.4, -0.2) is 106 Å². The van der Waals surface area contributed by atoms with Gasteiger partial charge in [0.05, 0.1) is 102 Å². The second-order valence-corrected chi connectivity index (χ2v) is 14.5. The van der Waals surface area contributed by atoms with Crippen LogP contribution < -0.4 is 27.2 Å². The molecule has 1 aliphatic heterocycles. The number of nitrogens with two attached hydrogens (primary N) is 2. The molecule has 0 unspecified atom stereocenters. The van der Waals surface area contributed by atoms with Gasteiger partial charge in [0.25, 0.3) is 5.91 Å². The third kappa shape index (κ3) is 12.2. The summed E-state index contributed by atoms with van der Waals surface area (Å²) in [5, 5.41) is 24.4. The van der Waals surface area contributed by atoms with Gasteiger partial charge in [-0.1, -0.05) is 61.5 Å². The molecule has 6 rings (SSSR count). The van der Waals surface area contributed by atoms with Gasteiger partial charge >= 0.3 is 0 Å². The third-order valence-corrected chi connectivity index (χ3v) is 10.2. The van der Waals surface area contributed by atoms with Crippen LogP contribution >= 0.6 is 0 Å². The highest BCUT2D eigenvalue weighted by Gasteiger charge is 2.27. The lowest BCUT2D eigenvalue weighted by molar-refractivity contribution is -0.118. The number of hydrogen-bond donors (Lipinski definition) is 5. The number of phenolic OH excluding ortho intramolecular Hbond substituents is 2. The average molecular weight is 866 g/mol. The number of amides is 2. The van der Waals surface area contributed by atoms with Crippen LogP contribution in [0.5, 0.6) is 11.5 Å². The Morgan fingerprint density at radius 2 is 1.38 bits per heavy atom. The van der Waals surface area contributed by atoms with Crippen molar-refractivity contribution in [3.63, 3.8) is 0 Å². The zero-order valence-corrected chi connectivity index (χ0v) is 35.4. The molecule has 0 radical (unpaired) electrons. The molecule has 0 spiro atoms. The Bertz CT molecular complexity index is 2400. The van der Waals surface area contributed by atoms with Gasteiger partial charge in [-0.25, -0.2) is 5.84 Å². The van der Waals surface area contributed by atoms with E-state index < -0.39 is 11.5 Å². The van der Waals surface area contributed by atoms with E-state index in [1.807, 2.05) is 60.4 Å². The van der Waals surface area contributed by atoms with Gasteiger partial charge in [-0.05, 0) is 42.3 Å². The number of phenols is 2. The minimum Gasteiger partial charge on any atom is -0.504 e. The predicted molar refractivity (Wildman–Crippen MR) is 239 cm³/mol. The molecule has 0 aliphatic carbocycles. The molecule has 0 fully saturated rings. The zero-order chi connectivity index (χ0) is 44.6. The smallest absolute Gasteiger partial charge is 0.251 e. The number of fused-ring (bicyclic) bond motifs is 3. The molecule has 1 aromatic heterocycles. The molecule has 2 amide bonds. The fraction of sp³-hybridized carbons (Fsp3) is 0.340. The number of hydrazine groups is 1. The molecule has 0 saturated carbocycles. The molecule has 334 valence electrons. The highest BCUT2D eigenvalue weighted by Crippen LogP contribution is 2.37. The molecule has 16 heteroatoms. The molecule has 0 bridgehead atoms. The first-order valence-corrected chi connectivity index (χ1v) is 20.9. The van der Waals surface area contributed by atoms with E-state index in [2.05, 4.69) is 5.32 Å². The van der Waals surface area contributed by atoms with Gasteiger partial charge in [-0.3, -0.25) is 14.4 Å². The highest BCUT2D eigenvalue weighted by molar-refractivity contribution is 6.01. The number of carbonyl (C=O) groups excluding carboxylic acids is 2. The van der Waals surface area contributed by atoms with E-state index in [0.29, 0.717) is 115 Å². The molecule has 0 saturated heterocycles. The number of hydrogen-bond acceptors (Lipinski definition) is 14. The molecular weight excluding hydrogens is 811 g/mol. The molecule has 0 atom stereocenters. The standard InChI is InChI=1S/C47H55N5O11/c1-2-7-42(55)51-31-34-8-3-4-9-35(34)44(43(48)36-10-5-6-11-38(36)51)52(49)19-21-59-23-25-61-27-29-62-28-26-60-24-22-58-20-18-50-47(57)33-14-12-32(13-15-33)41-30-40(54)37-16-17-39(53)45(56)46(37)63-41/h3-6,8-17,30,53,56H,2,7,18-29,31,48-49H2,1H3,(H,50,57)/b44-43-. The Morgan fingerprint density at radius 1 is 0.778 bits per heavy atom. The number of nitrogens with one attached hydrogen (secondary N) is 1. The van der Waals surface area contributed by atoms with Crippen molar-refractivity contribution in [3.05, 3.63) is 123 Å². The Morgan fingerprint density at radius 3 is 2.05 bits per heavy atom. The van der Waals surface area contributed by atoms with Crippen LogP contribution in [0.25, 0.3) is 33.7 Å². The summed E-state index contributed by atoms with van der Waals surface area (Å²) in [5.74, 6) is 5.66. The maximum absolute atomic E-state index is 13.2. The van der Waals surface area contributed by atoms with Crippen LogP contribution in [0.2, 0.25) is 0 Å². The molecule has 16 nitrogen and oxygen atoms in total. The molecule has 63 heavy (non-hydrogen) atoms. The lowest BCUT2D eigenvalue weighted by atomic mass is 9.95. The number of ether oxygens (including phenoxy) is 5. The van der Waals surface area contributed by atoms with Crippen molar-refractivity contribution in [2.75, 3.05) is 84.1 Å². The van der Waals surface area contributed by atoms with Gasteiger partial charge in [0, 0.05) is 41.3 Å². The lowest BCUT2D eigenvalue weighted by Crippen LogP contribution is -2.37. The van der Waals surface area contributed by atoms with Gasteiger partial charge in [-0.15, -0.1) is 0 Å². The fourth-order valence-electron chi connectivity index (χ4n) is 6.95. The summed E-state index contributed by atoms with van der Waals surface area (Å²) >= 11 is 0. The van der Waals surface area contributed by atoms with Crippen LogP contribution in [0, 0.1) is 0 Å². The summed E-state index contributed by atoms with van der Waals surface area (Å²) in [5.41, 5.74) is 11.8. The molecule has 5 aromatic rings. The predicted octanol–water partition coefficient (Wildman–Crippen LogP) is 4.99. The topological polar surface area (TPSA) is 222 Å². The van der Waals surface area contributed by atoms with E-state index in [1.54, 1.807) is 29.3 Å². The number of rotatable bonds is 23. The van der Waals surface area contributed by atoms with Gasteiger partial charge in [0.15, 0.2) is 16.8 Å². The van der Waals surface area contributed by atoms with E-state index in [9.17, 15) is 24.6 Å². The van der Waals surface area contributed by atoms with Crippen molar-refractivity contribution < 1.29 is 47.9 Å². The molecule has 4 aromatic carbocycles. The van der Waals surface area contributed by atoms with E-state index in [1.165, 1.54) is 18.2 Å². The Kier molecular flexibility index (Phi) is 17.1. The van der Waals surface area contributed by atoms with Gasteiger partial charge in [0.1, 0.15) is 5.76 Å². The largest absolute Gasteiger partial charge is 0.504 e. The first kappa shape index (κ1) is 46.2. The van der Waals surface area contributed by atoms with Crippen molar-refractivity contribution >= 4 is 39.9 Å². The van der Waals surface area contributed by atoms with Crippen LogP contribution in [0.4, 0.5) is 5.69 Å². The number of carbonyl (C=O) groups is 2. The maximum Gasteiger partial charge on any atom is 0.251 e. The van der Waals surface area contributed by atoms with Crippen molar-refractivity contribution in [2.24, 2.45) is 11.6 Å². The number of nitrogens with zero attached hydrogens (tertiary/aromatic N) is 2. The minimum atomic E-state index is -0.516. The fourth-order valence-corrected chi connectivity index (χ4v) is 6.95. The summed E-state index contributed by atoms with van der Waals surface area (Å²) in [6.07, 6.45) is 1.19. The Labute approximate surface area is 365 Å². The number of anilines is 1. The summed E-state index contributed by atoms with van der Waals surface area (Å²) < 4.78 is 33.8. The summed E-state index contributed by atoms with van der Waals surface area (Å²) in [6.45, 7) is 6.84. The zero-order valence-electron chi connectivity index (χ0n) is 35.4. The average Bonchev–Trinajstić information content (AvgIpc) is 3.29. The van der Waals surface area contributed by atoms with Crippen molar-refractivity contribution in [1.29, 1.82) is 0 Å². The second kappa shape index (κ2) is 23.3. The van der Waals surface area contributed by atoms with Crippen LogP contribution in [0.3, 0.4) is 0 Å². The highest BCUT2D eigenvalue weighted by atomic mass is 16.6. The van der Waals surface area contributed by atoms with E-state index in [-0.39, 0.29) is 34.0 Å². The lowest BCUT2D eigenvalue weighted by Gasteiger charge is -2.33. The van der Waals surface area contributed by atoms with E-state index in [4.69, 9.17) is 39.7 Å². The number of para-hydroxylation sites is 1. The van der Waals surface area contributed by atoms with Gasteiger partial charge in [-0.2, -0.15) is 0 Å². The molecule has 2 heterocycles. The first-order valence-electron chi connectivity index (χ1n) is 20.9. The van der Waals surface area contributed by atoms with Crippen LogP contribution in [0.1, 0.15) is 46.8 Å². The minimum absolute atomic E-state index is 0.0460. The van der Waals surface area contributed by atoms with E-state index in [0.717, 1.165) is 28.8 Å². The quantitative estimate of drug-likeness (QED) is 0.0253. The molecule has 7 N–H and O–H groups in total. The van der Waals surface area contributed by atoms with E-state index >= 15 is 0 Å². The number of benzene rings is 4. The van der Waals surface area contributed by atoms with Gasteiger partial charge in [0.2, 0.25) is 11.7 Å². The normalized spacial score (nSPS) is 13.6. The molecular formula is C47H55N5O11. The SMILES string of the molecule is CCCC(=O)N1Cc2ccccc2/C(N(N)CCOCCOCCOCCOCCOCCNC(=O)c2ccc(-c3cc(=O)c4ccc(O)c(O)c4o3)cc2)=C(/N)c2ccccc21. The number of aromatic hydroxyl groups is 2. The van der Waals surface area contributed by atoms with Gasteiger partial charge < -0.3 is 59.3 Å². The summed E-state index contributed by atoms with van der Waals surface area (Å²) in [7, 11) is 0.